The van der Waals surface area contributed by atoms with E-state index in [1.807, 2.05) is 0 Å². The maximum atomic E-state index is 3.48. The minimum Gasteiger partial charge on any atom is -0.528 e. The fraction of sp³-hybridized carbons (Fsp3) is 0.750. The molecule has 0 atom stereocenters. The van der Waals surface area contributed by atoms with Gasteiger partial charge in [0.2, 0.25) is 0 Å². The summed E-state index contributed by atoms with van der Waals surface area (Å²) >= 11 is 0. The first kappa shape index (κ1) is 13.5. The molecule has 0 bridgehead atoms. The number of hydrogen-bond donors (Lipinski definition) is 0. The molecule has 0 radical (unpaired) electrons. The first-order chi connectivity index (χ1) is 5.88. The van der Waals surface area contributed by atoms with E-state index in [0.717, 1.165) is 6.42 Å². The quantitative estimate of drug-likeness (QED) is 0.667. The van der Waals surface area contributed by atoms with Gasteiger partial charge in [0.15, 0.2) is 0 Å². The van der Waals surface area contributed by atoms with Crippen LogP contribution >= 0.6 is 0 Å². The monoisotopic (exact) mass is 254 g/mol. The van der Waals surface area contributed by atoms with E-state index in [4.69, 9.17) is 0 Å². The van der Waals surface area contributed by atoms with Gasteiger partial charge in [0.1, 0.15) is 0 Å². The summed E-state index contributed by atoms with van der Waals surface area (Å²) in [7, 11) is 0. The molecule has 0 aromatic carbocycles. The van der Waals surface area contributed by atoms with Crippen molar-refractivity contribution in [2.75, 3.05) is 0 Å². The summed E-state index contributed by atoms with van der Waals surface area (Å²) in [5.41, 5.74) is 1.53. The van der Waals surface area contributed by atoms with E-state index < -0.39 is 0 Å². The molecule has 0 unspecified atom stereocenters. The average Bonchev–Trinajstić information content (AvgIpc) is 2.15. The summed E-state index contributed by atoms with van der Waals surface area (Å²) in [4.78, 5) is 0. The molecule has 1 saturated carbocycles. The first-order valence-corrected chi connectivity index (χ1v) is 5.33. The molecule has 0 aliphatic heterocycles. The zero-order chi connectivity index (χ0) is 8.81. The molecule has 0 spiro atoms. The third-order valence-electron chi connectivity index (χ3n) is 2.63. The van der Waals surface area contributed by atoms with Crippen molar-refractivity contribution < 1.29 is 26.2 Å². The van der Waals surface area contributed by atoms with Crippen LogP contribution in [0.25, 0.3) is 0 Å². The van der Waals surface area contributed by atoms with Crippen molar-refractivity contribution in [3.8, 4) is 0 Å². The van der Waals surface area contributed by atoms with Crippen molar-refractivity contribution in [3.63, 3.8) is 0 Å². The van der Waals surface area contributed by atoms with Gasteiger partial charge < -0.3 is 17.6 Å². The molecule has 72 valence electrons. The summed E-state index contributed by atoms with van der Waals surface area (Å²) in [6.07, 6.45) is 12.7. The molecule has 1 aliphatic carbocycles. The minimum absolute atomic E-state index is 0. The van der Waals surface area contributed by atoms with Crippen LogP contribution in [0.5, 0.6) is 0 Å². The maximum absolute atomic E-state index is 3.48. The standard InChI is InChI=1S/C12H20.Zr/c1-3-8-11(4-2)12-9-6-5-7-10-12;/h3-7,9-10H2,1-2H3;/q-2;+2. The Morgan fingerprint density at radius 3 is 2.23 bits per heavy atom. The van der Waals surface area contributed by atoms with Crippen LogP contribution in [0.15, 0.2) is 5.57 Å². The topological polar surface area (TPSA) is 0 Å². The Hall–Kier alpha value is 0.493. The molecule has 1 heteroatoms. The Morgan fingerprint density at radius 1 is 1.15 bits per heavy atom. The van der Waals surface area contributed by atoms with Crippen molar-refractivity contribution in [1.29, 1.82) is 0 Å². The molecule has 0 N–H and O–H groups in total. The van der Waals surface area contributed by atoms with Crippen molar-refractivity contribution in [3.05, 3.63) is 17.6 Å². The normalized spacial score (nSPS) is 18.3. The van der Waals surface area contributed by atoms with E-state index in [-0.39, 0.29) is 26.2 Å². The van der Waals surface area contributed by atoms with E-state index >= 15 is 0 Å². The van der Waals surface area contributed by atoms with Gasteiger partial charge in [-0.3, -0.25) is 0 Å². The third kappa shape index (κ3) is 4.50. The second-order valence-electron chi connectivity index (χ2n) is 3.53. The fourth-order valence-electron chi connectivity index (χ4n) is 1.99. The summed E-state index contributed by atoms with van der Waals surface area (Å²) < 4.78 is 0. The maximum Gasteiger partial charge on any atom is 2.00 e. The second kappa shape index (κ2) is 7.86. The molecule has 0 amide bonds. The fourth-order valence-corrected chi connectivity index (χ4v) is 1.99. The van der Waals surface area contributed by atoms with Crippen LogP contribution in [0, 0.1) is 12.0 Å². The van der Waals surface area contributed by atoms with Crippen LogP contribution in [0.3, 0.4) is 0 Å². The van der Waals surface area contributed by atoms with E-state index in [1.54, 1.807) is 5.92 Å². The molecule has 0 aromatic heterocycles. The molecule has 0 aromatic rings. The van der Waals surface area contributed by atoms with Gasteiger partial charge in [-0.05, 0) is 0 Å². The van der Waals surface area contributed by atoms with Crippen molar-refractivity contribution >= 4 is 0 Å². The Bertz CT molecular complexity index is 143. The Kier molecular flexibility index (Phi) is 8.15. The number of hydrogen-bond acceptors (Lipinski definition) is 0. The molecule has 13 heavy (non-hydrogen) atoms. The van der Waals surface area contributed by atoms with Gasteiger partial charge in [0.05, 0.1) is 0 Å². The summed E-state index contributed by atoms with van der Waals surface area (Å²) in [6, 6.07) is 0. The van der Waals surface area contributed by atoms with Gasteiger partial charge in [-0.1, -0.05) is 39.5 Å². The second-order valence-corrected chi connectivity index (χ2v) is 3.53. The molecule has 1 fully saturated rings. The third-order valence-corrected chi connectivity index (χ3v) is 2.63. The molecule has 0 saturated heterocycles. The van der Waals surface area contributed by atoms with E-state index in [9.17, 15) is 0 Å². The van der Waals surface area contributed by atoms with Crippen LogP contribution in [-0.4, -0.2) is 0 Å². The zero-order valence-corrected chi connectivity index (χ0v) is 11.4. The van der Waals surface area contributed by atoms with Crippen LogP contribution in [0.1, 0.15) is 58.8 Å². The Morgan fingerprint density at radius 2 is 1.77 bits per heavy atom. The predicted molar refractivity (Wildman–Crippen MR) is 53.7 cm³/mol. The molecule has 1 rings (SSSR count). The molecule has 0 heterocycles. The SMILES string of the molecule is CC[C-]=C(CC)[C-]1CCCCC1.[Zr+2]. The first-order valence-electron chi connectivity index (χ1n) is 5.33. The van der Waals surface area contributed by atoms with Gasteiger partial charge in [-0.15, -0.1) is 0 Å². The molecular formula is C12H20Zr. The van der Waals surface area contributed by atoms with E-state index in [2.05, 4.69) is 19.9 Å². The van der Waals surface area contributed by atoms with Gasteiger partial charge >= 0.3 is 26.2 Å². The summed E-state index contributed by atoms with van der Waals surface area (Å²) in [5, 5.41) is 0. The molecular weight excluding hydrogens is 235 g/mol. The van der Waals surface area contributed by atoms with Crippen LogP contribution < -0.4 is 0 Å². The van der Waals surface area contributed by atoms with Crippen LogP contribution in [0.2, 0.25) is 0 Å². The van der Waals surface area contributed by atoms with E-state index in [1.165, 1.54) is 44.1 Å². The molecule has 1 aliphatic rings. The van der Waals surface area contributed by atoms with Gasteiger partial charge in [-0.2, -0.15) is 19.3 Å². The predicted octanol–water partition coefficient (Wildman–Crippen LogP) is 4.07. The minimum atomic E-state index is 0. The largest absolute Gasteiger partial charge is 2.00 e. The van der Waals surface area contributed by atoms with Gasteiger partial charge in [-0.25, -0.2) is 0 Å². The van der Waals surface area contributed by atoms with Crippen LogP contribution in [-0.2, 0) is 26.2 Å². The number of rotatable bonds is 3. The van der Waals surface area contributed by atoms with Crippen LogP contribution in [0.4, 0.5) is 0 Å². The smallest absolute Gasteiger partial charge is 0.528 e. The summed E-state index contributed by atoms with van der Waals surface area (Å²) in [5.74, 6) is 1.70. The Balaban J connectivity index is 0.00000144. The Labute approximate surface area is 102 Å². The zero-order valence-electron chi connectivity index (χ0n) is 8.95. The van der Waals surface area contributed by atoms with Crippen molar-refractivity contribution in [2.24, 2.45) is 0 Å². The van der Waals surface area contributed by atoms with Crippen molar-refractivity contribution in [2.45, 2.75) is 58.8 Å². The van der Waals surface area contributed by atoms with E-state index in [0.29, 0.717) is 0 Å². The molecule has 0 nitrogen and oxygen atoms in total. The van der Waals surface area contributed by atoms with Gasteiger partial charge in [0, 0.05) is 0 Å². The van der Waals surface area contributed by atoms with Gasteiger partial charge in [0.25, 0.3) is 0 Å². The van der Waals surface area contributed by atoms with Crippen molar-refractivity contribution in [1.82, 2.24) is 0 Å². The average molecular weight is 256 g/mol. The number of allylic oxidation sites excluding steroid dienone is 2. The summed E-state index contributed by atoms with van der Waals surface area (Å²) in [6.45, 7) is 4.43.